The van der Waals surface area contributed by atoms with Gasteiger partial charge in [0.1, 0.15) is 5.75 Å². The van der Waals surface area contributed by atoms with Gasteiger partial charge in [0.2, 0.25) is 0 Å². The number of phenolic OH excluding ortho intramolecular Hbond substituents is 1. The van der Waals surface area contributed by atoms with Crippen LogP contribution >= 0.6 is 18.6 Å². The number of hydrogen-bond acceptors (Lipinski definition) is 1. The van der Waals surface area contributed by atoms with Crippen LogP contribution in [-0.4, -0.2) is 5.11 Å². The first-order valence-corrected chi connectivity index (χ1v) is 13.1. The van der Waals surface area contributed by atoms with Crippen molar-refractivity contribution in [2.75, 3.05) is 0 Å². The summed E-state index contributed by atoms with van der Waals surface area (Å²) in [5.41, 5.74) is 3.26. The average molecular weight is 409 g/mol. The van der Waals surface area contributed by atoms with E-state index in [2.05, 4.69) is 60.6 Å². The van der Waals surface area contributed by atoms with Crippen LogP contribution < -0.4 is 0 Å². The van der Waals surface area contributed by atoms with Crippen LogP contribution in [0.1, 0.15) is 90.3 Å². The predicted molar refractivity (Wildman–Crippen MR) is 105 cm³/mol. The van der Waals surface area contributed by atoms with Gasteiger partial charge in [0.25, 0.3) is 0 Å². The molecule has 0 bridgehead atoms. The van der Waals surface area contributed by atoms with Crippen LogP contribution in [0, 0.1) is 6.92 Å². The van der Waals surface area contributed by atoms with Gasteiger partial charge in [-0.1, -0.05) is 91.3 Å². The Morgan fingerprint density at radius 2 is 1.04 bits per heavy atom. The number of benzene rings is 1. The van der Waals surface area contributed by atoms with Crippen molar-refractivity contribution in [2.45, 2.75) is 91.4 Å². The zero-order chi connectivity index (χ0) is 19.0. The average Bonchev–Trinajstić information content (AvgIpc) is 2.98. The molecule has 0 amide bonds. The molecule has 2 rings (SSSR count). The predicted octanol–water partition coefficient (Wildman–Crippen LogP) is 7.62. The molecule has 1 aliphatic carbocycles. The maximum atomic E-state index is 10.4. The zero-order valence-corrected chi connectivity index (χ0v) is 19.5. The van der Waals surface area contributed by atoms with Crippen molar-refractivity contribution in [3.05, 3.63) is 28.8 Å². The Balaban J connectivity index is 0.000000542. The van der Waals surface area contributed by atoms with Crippen LogP contribution in [-0.2, 0) is 27.9 Å². The van der Waals surface area contributed by atoms with E-state index >= 15 is 0 Å². The summed E-state index contributed by atoms with van der Waals surface area (Å²) in [6, 6.07) is 4.18. The van der Waals surface area contributed by atoms with Crippen molar-refractivity contribution in [3.63, 3.8) is 0 Å². The molecule has 1 fully saturated rings. The Labute approximate surface area is 166 Å². The summed E-state index contributed by atoms with van der Waals surface area (Å²) < 4.78 is 0. The molecule has 0 aliphatic heterocycles. The molecule has 0 aromatic heterocycles. The number of aryl methyl sites for hydroxylation is 1. The fraction of sp³-hybridized carbons (Fsp3) is 0.700. The van der Waals surface area contributed by atoms with Crippen molar-refractivity contribution in [1.82, 2.24) is 0 Å². The summed E-state index contributed by atoms with van der Waals surface area (Å²) in [4.78, 5) is 0. The van der Waals surface area contributed by atoms with Crippen LogP contribution in [0.15, 0.2) is 12.1 Å². The van der Waals surface area contributed by atoms with Gasteiger partial charge in [-0.2, -0.15) is 0 Å². The molecule has 1 aromatic rings. The van der Waals surface area contributed by atoms with Gasteiger partial charge >= 0.3 is 35.6 Å². The van der Waals surface area contributed by atoms with E-state index in [4.69, 9.17) is 18.6 Å². The second-order valence-corrected chi connectivity index (χ2v) is 11.1. The molecule has 138 valence electrons. The third kappa shape index (κ3) is 9.13. The van der Waals surface area contributed by atoms with E-state index in [9.17, 15) is 5.11 Å². The van der Waals surface area contributed by atoms with Crippen LogP contribution in [0.25, 0.3) is 0 Å². The van der Waals surface area contributed by atoms with E-state index in [0.29, 0.717) is 5.75 Å². The van der Waals surface area contributed by atoms with E-state index < -0.39 is 17.0 Å². The van der Waals surface area contributed by atoms with Crippen molar-refractivity contribution < 1.29 is 22.1 Å². The van der Waals surface area contributed by atoms with Gasteiger partial charge in [-0.05, 0) is 28.9 Å². The van der Waals surface area contributed by atoms with Crippen LogP contribution in [0.3, 0.4) is 0 Å². The number of hydrogen-bond donors (Lipinski definition) is 1. The van der Waals surface area contributed by atoms with Crippen molar-refractivity contribution in [2.24, 2.45) is 0 Å². The number of halogens is 2. The molecule has 0 unspecified atom stereocenters. The normalized spacial score (nSPS) is 14.2. The van der Waals surface area contributed by atoms with E-state index in [1.807, 2.05) is 0 Å². The molecule has 0 spiro atoms. The Morgan fingerprint density at radius 1 is 0.792 bits per heavy atom. The Kier molecular flexibility index (Phi) is 11.3. The molecule has 1 aliphatic rings. The van der Waals surface area contributed by atoms with Crippen LogP contribution in [0.2, 0.25) is 0 Å². The van der Waals surface area contributed by atoms with Crippen molar-refractivity contribution >= 4 is 18.6 Å². The third-order valence-electron chi connectivity index (χ3n) is 4.12. The summed E-state index contributed by atoms with van der Waals surface area (Å²) in [5.74, 6) is 0.464. The van der Waals surface area contributed by atoms with Crippen LogP contribution in [0.4, 0.5) is 0 Å². The van der Waals surface area contributed by atoms with Gasteiger partial charge in [-0.3, -0.25) is 0 Å². The minimum atomic E-state index is -0.556. The zero-order valence-electron chi connectivity index (χ0n) is 16.4. The van der Waals surface area contributed by atoms with Crippen molar-refractivity contribution in [1.29, 1.82) is 0 Å². The van der Waals surface area contributed by atoms with Crippen molar-refractivity contribution in [3.8, 4) is 5.75 Å². The first-order valence-electron chi connectivity index (χ1n) is 8.76. The van der Waals surface area contributed by atoms with E-state index in [0.717, 1.165) is 11.1 Å². The summed E-state index contributed by atoms with van der Waals surface area (Å²) in [6.07, 6.45) is 7.50. The monoisotopic (exact) mass is 408 g/mol. The first kappa shape index (κ1) is 24.3. The number of rotatable bonds is 0. The Bertz CT molecular complexity index is 441. The molecule has 24 heavy (non-hydrogen) atoms. The maximum absolute atomic E-state index is 10.4. The van der Waals surface area contributed by atoms with Gasteiger partial charge in [0.15, 0.2) is 0 Å². The van der Waals surface area contributed by atoms with Gasteiger partial charge < -0.3 is 5.11 Å². The molecule has 0 atom stereocenters. The molecule has 0 radical (unpaired) electrons. The fourth-order valence-electron chi connectivity index (χ4n) is 2.81. The van der Waals surface area contributed by atoms with Gasteiger partial charge in [0, 0.05) is 0 Å². The van der Waals surface area contributed by atoms with Gasteiger partial charge in [-0.25, -0.2) is 0 Å². The quantitative estimate of drug-likeness (QED) is 0.437. The molecule has 1 N–H and O–H groups in total. The molecule has 1 saturated carbocycles. The summed E-state index contributed by atoms with van der Waals surface area (Å²) >= 11 is -0.556. The number of aromatic hydroxyl groups is 1. The fourth-order valence-corrected chi connectivity index (χ4v) is 2.81. The standard InChI is InChI=1S/C15H24O.C5H10.2ClH.Ti/c1-10-8-11(14(2,3)4)13(16)12(9-10)15(5,6)7;1-2-4-5-3-1;;;/h8-9,16H,1-7H3;1-5H2;2*1H;/q;;;;+2/p-2. The molecule has 4 heteroatoms. The topological polar surface area (TPSA) is 20.2 Å². The molecule has 1 aromatic carbocycles. The second kappa shape index (κ2) is 11.1. The van der Waals surface area contributed by atoms with Gasteiger partial charge in [0.05, 0.1) is 0 Å². The van der Waals surface area contributed by atoms with E-state index in [1.54, 1.807) is 0 Å². The van der Waals surface area contributed by atoms with E-state index in [1.165, 1.54) is 37.7 Å². The first-order chi connectivity index (χ1) is 10.9. The SMILES string of the molecule is C1CCCC1.Cc1cc(C(C)(C)C)c(O)c(C(C)(C)C)c1.[Cl][Ti][Cl]. The Morgan fingerprint density at radius 3 is 1.25 bits per heavy atom. The van der Waals surface area contributed by atoms with Gasteiger partial charge in [-0.15, -0.1) is 0 Å². The molecular formula is C20H34Cl2OTi. The summed E-state index contributed by atoms with van der Waals surface area (Å²) in [5, 5.41) is 10.4. The summed E-state index contributed by atoms with van der Waals surface area (Å²) in [6.45, 7) is 14.9. The third-order valence-corrected chi connectivity index (χ3v) is 4.12. The molecule has 0 heterocycles. The van der Waals surface area contributed by atoms with E-state index in [-0.39, 0.29) is 10.8 Å². The molecule has 1 nitrogen and oxygen atoms in total. The summed E-state index contributed by atoms with van der Waals surface area (Å²) in [7, 11) is 9.78. The number of phenols is 1. The Hall–Kier alpha value is 0.314. The van der Waals surface area contributed by atoms with Crippen LogP contribution in [0.5, 0.6) is 5.75 Å². The molecular weight excluding hydrogens is 375 g/mol. The minimum absolute atomic E-state index is 0.0178. The molecule has 0 saturated heterocycles. The second-order valence-electron chi connectivity index (χ2n) is 8.55.